The maximum absolute atomic E-state index is 12.5. The average Bonchev–Trinajstić information content (AvgIpc) is 2.46. The van der Waals surface area contributed by atoms with Crippen LogP contribution < -0.4 is 5.32 Å². The van der Waals surface area contributed by atoms with Crippen LogP contribution in [0.15, 0.2) is 18.3 Å². The zero-order chi connectivity index (χ0) is 15.7. The molecule has 1 aromatic rings. The van der Waals surface area contributed by atoms with Gasteiger partial charge < -0.3 is 15.1 Å². The van der Waals surface area contributed by atoms with Crippen LogP contribution in [0.5, 0.6) is 0 Å². The molecule has 118 valence electrons. The van der Waals surface area contributed by atoms with Crippen LogP contribution in [0, 0.1) is 0 Å². The van der Waals surface area contributed by atoms with E-state index in [0.717, 1.165) is 44.8 Å². The Labute approximate surface area is 128 Å². The molecule has 0 spiro atoms. The van der Waals surface area contributed by atoms with Gasteiger partial charge in [-0.25, -0.2) is 4.98 Å². The fraction of sp³-hybridized carbons (Fsp3) is 0.625. The van der Waals surface area contributed by atoms with Crippen molar-refractivity contribution in [2.75, 3.05) is 45.6 Å². The summed E-state index contributed by atoms with van der Waals surface area (Å²) in [5.74, 6) is 0.854. The smallest absolute Gasteiger partial charge is 0.254 e. The number of nitrogens with zero attached hydrogens (tertiary/aromatic N) is 3. The molecule has 5 nitrogen and oxygen atoms in total. The van der Waals surface area contributed by atoms with Crippen molar-refractivity contribution in [3.05, 3.63) is 23.9 Å². The fourth-order valence-electron chi connectivity index (χ4n) is 2.11. The molecule has 0 aliphatic heterocycles. The Morgan fingerprint density at radius 2 is 1.86 bits per heavy atom. The third-order valence-corrected chi connectivity index (χ3v) is 3.15. The normalized spacial score (nSPS) is 10.7. The van der Waals surface area contributed by atoms with E-state index in [1.165, 1.54) is 0 Å². The molecule has 0 unspecified atom stereocenters. The van der Waals surface area contributed by atoms with E-state index in [1.54, 1.807) is 12.3 Å². The first kappa shape index (κ1) is 17.4. The maximum atomic E-state index is 12.5. The molecule has 0 aromatic carbocycles. The number of carbonyl (C=O) groups is 1. The standard InChI is InChI=1S/C16H28N4O/c1-5-10-20(11-6-2)16(21)14-7-8-17-15(13-14)18-9-12-19(3)4/h7-8,13H,5-6,9-12H2,1-4H3,(H,17,18). The topological polar surface area (TPSA) is 48.5 Å². The lowest BCUT2D eigenvalue weighted by Gasteiger charge is -2.21. The summed E-state index contributed by atoms with van der Waals surface area (Å²) in [7, 11) is 4.06. The van der Waals surface area contributed by atoms with Crippen LogP contribution >= 0.6 is 0 Å². The van der Waals surface area contributed by atoms with Gasteiger partial charge in [0.25, 0.3) is 5.91 Å². The van der Waals surface area contributed by atoms with Crippen LogP contribution in [-0.2, 0) is 0 Å². The van der Waals surface area contributed by atoms with Gasteiger partial charge in [0.15, 0.2) is 0 Å². The second kappa shape index (κ2) is 9.34. The largest absolute Gasteiger partial charge is 0.369 e. The van der Waals surface area contributed by atoms with Crippen molar-refractivity contribution in [3.63, 3.8) is 0 Å². The summed E-state index contributed by atoms with van der Waals surface area (Å²) in [5, 5.41) is 3.25. The molecule has 1 amide bonds. The number of anilines is 1. The highest BCUT2D eigenvalue weighted by Gasteiger charge is 2.14. The van der Waals surface area contributed by atoms with Crippen LogP contribution in [0.1, 0.15) is 37.0 Å². The Kier molecular flexibility index (Phi) is 7.75. The maximum Gasteiger partial charge on any atom is 0.254 e. The average molecular weight is 292 g/mol. The molecule has 1 rings (SSSR count). The summed E-state index contributed by atoms with van der Waals surface area (Å²) in [6, 6.07) is 3.63. The molecule has 1 aromatic heterocycles. The minimum Gasteiger partial charge on any atom is -0.369 e. The lowest BCUT2D eigenvalue weighted by atomic mass is 10.2. The number of nitrogens with one attached hydrogen (secondary N) is 1. The molecule has 1 N–H and O–H groups in total. The number of amides is 1. The summed E-state index contributed by atoms with van der Waals surface area (Å²) in [4.78, 5) is 20.8. The Bertz CT molecular complexity index is 428. The Balaban J connectivity index is 2.70. The van der Waals surface area contributed by atoms with Gasteiger partial charge in [0, 0.05) is 37.9 Å². The fourth-order valence-corrected chi connectivity index (χ4v) is 2.11. The van der Waals surface area contributed by atoms with Gasteiger partial charge in [0.2, 0.25) is 0 Å². The van der Waals surface area contributed by atoms with Crippen LogP contribution in [-0.4, -0.2) is 61.0 Å². The number of carbonyl (C=O) groups excluding carboxylic acids is 1. The minimum absolute atomic E-state index is 0.0942. The van der Waals surface area contributed by atoms with Crippen molar-refractivity contribution >= 4 is 11.7 Å². The highest BCUT2D eigenvalue weighted by Crippen LogP contribution is 2.10. The Morgan fingerprint density at radius 3 is 2.43 bits per heavy atom. The Morgan fingerprint density at radius 1 is 1.19 bits per heavy atom. The molecule has 0 radical (unpaired) electrons. The molecule has 0 fully saturated rings. The summed E-state index contributed by atoms with van der Waals surface area (Å²) >= 11 is 0. The zero-order valence-electron chi connectivity index (χ0n) is 13.7. The highest BCUT2D eigenvalue weighted by atomic mass is 16.2. The highest BCUT2D eigenvalue weighted by molar-refractivity contribution is 5.94. The number of aromatic nitrogens is 1. The number of hydrogen-bond donors (Lipinski definition) is 1. The van der Waals surface area contributed by atoms with Gasteiger partial charge in [0.05, 0.1) is 0 Å². The molecule has 1 heterocycles. The van der Waals surface area contributed by atoms with Gasteiger partial charge in [0.1, 0.15) is 5.82 Å². The quantitative estimate of drug-likeness (QED) is 0.759. The SMILES string of the molecule is CCCN(CCC)C(=O)c1ccnc(NCCN(C)C)c1. The number of rotatable bonds is 9. The Hall–Kier alpha value is -1.62. The van der Waals surface area contributed by atoms with E-state index in [1.807, 2.05) is 25.1 Å². The van der Waals surface area contributed by atoms with Crippen molar-refractivity contribution in [1.29, 1.82) is 0 Å². The van der Waals surface area contributed by atoms with E-state index >= 15 is 0 Å². The van der Waals surface area contributed by atoms with E-state index in [9.17, 15) is 4.79 Å². The summed E-state index contributed by atoms with van der Waals surface area (Å²) < 4.78 is 0. The van der Waals surface area contributed by atoms with E-state index in [-0.39, 0.29) is 5.91 Å². The van der Waals surface area contributed by atoms with Gasteiger partial charge in [-0.05, 0) is 39.1 Å². The van der Waals surface area contributed by atoms with Crippen molar-refractivity contribution in [3.8, 4) is 0 Å². The van der Waals surface area contributed by atoms with Crippen LogP contribution in [0.25, 0.3) is 0 Å². The lowest BCUT2D eigenvalue weighted by Crippen LogP contribution is -2.32. The molecule has 5 heteroatoms. The molecular weight excluding hydrogens is 264 g/mol. The number of hydrogen-bond acceptors (Lipinski definition) is 4. The molecule has 0 saturated heterocycles. The first-order valence-electron chi connectivity index (χ1n) is 7.72. The molecule has 0 saturated carbocycles. The van der Waals surface area contributed by atoms with E-state index < -0.39 is 0 Å². The predicted molar refractivity (Wildman–Crippen MR) is 87.8 cm³/mol. The number of pyridine rings is 1. The van der Waals surface area contributed by atoms with Crippen LogP contribution in [0.3, 0.4) is 0 Å². The molecule has 0 atom stereocenters. The van der Waals surface area contributed by atoms with E-state index in [4.69, 9.17) is 0 Å². The first-order chi connectivity index (χ1) is 10.1. The van der Waals surface area contributed by atoms with Gasteiger partial charge in [-0.2, -0.15) is 0 Å². The lowest BCUT2D eigenvalue weighted by molar-refractivity contribution is 0.0755. The second-order valence-corrected chi connectivity index (χ2v) is 5.45. The molecule has 0 aliphatic rings. The zero-order valence-corrected chi connectivity index (χ0v) is 13.7. The number of likely N-dealkylation sites (N-methyl/N-ethyl adjacent to an activating group) is 1. The van der Waals surface area contributed by atoms with Gasteiger partial charge in [-0.3, -0.25) is 4.79 Å². The third-order valence-electron chi connectivity index (χ3n) is 3.15. The summed E-state index contributed by atoms with van der Waals surface area (Å²) in [6.45, 7) is 7.53. The molecule has 0 bridgehead atoms. The van der Waals surface area contributed by atoms with Crippen LogP contribution in [0.2, 0.25) is 0 Å². The molecule has 0 aliphatic carbocycles. The van der Waals surface area contributed by atoms with Crippen molar-refractivity contribution in [2.24, 2.45) is 0 Å². The second-order valence-electron chi connectivity index (χ2n) is 5.45. The van der Waals surface area contributed by atoms with Crippen LogP contribution in [0.4, 0.5) is 5.82 Å². The van der Waals surface area contributed by atoms with Crippen molar-refractivity contribution in [1.82, 2.24) is 14.8 Å². The third kappa shape index (κ3) is 6.12. The van der Waals surface area contributed by atoms with Crippen molar-refractivity contribution < 1.29 is 4.79 Å². The molecular formula is C16H28N4O. The molecule has 21 heavy (non-hydrogen) atoms. The summed E-state index contributed by atoms with van der Waals surface area (Å²) in [5.41, 5.74) is 0.708. The van der Waals surface area contributed by atoms with Gasteiger partial charge in [-0.15, -0.1) is 0 Å². The first-order valence-corrected chi connectivity index (χ1v) is 7.72. The van der Waals surface area contributed by atoms with E-state index in [0.29, 0.717) is 5.56 Å². The van der Waals surface area contributed by atoms with Crippen molar-refractivity contribution in [2.45, 2.75) is 26.7 Å². The minimum atomic E-state index is 0.0942. The van der Waals surface area contributed by atoms with E-state index in [2.05, 4.69) is 29.0 Å². The predicted octanol–water partition coefficient (Wildman–Crippen LogP) is 2.32. The monoisotopic (exact) mass is 292 g/mol. The summed E-state index contributed by atoms with van der Waals surface area (Å²) in [6.07, 6.45) is 3.65. The van der Waals surface area contributed by atoms with Gasteiger partial charge >= 0.3 is 0 Å². The van der Waals surface area contributed by atoms with Gasteiger partial charge in [-0.1, -0.05) is 13.8 Å².